The number of hydrogen-bond donors (Lipinski definition) is 1. The summed E-state index contributed by atoms with van der Waals surface area (Å²) in [5.41, 5.74) is 0. The van der Waals surface area contributed by atoms with Gasteiger partial charge in [-0.15, -0.1) is 23.5 Å². The fourth-order valence-corrected chi connectivity index (χ4v) is 3.88. The Kier molecular flexibility index (Phi) is 4.33. The van der Waals surface area contributed by atoms with Crippen molar-refractivity contribution in [1.82, 2.24) is 0 Å². The number of carbonyl (C=O) groups is 1. The number of hydrogen-bond acceptors (Lipinski definition) is 4. The molecule has 1 aliphatic heterocycles. The van der Waals surface area contributed by atoms with Gasteiger partial charge in [0.2, 0.25) is 0 Å². The van der Waals surface area contributed by atoms with Gasteiger partial charge in [-0.1, -0.05) is 0 Å². The van der Waals surface area contributed by atoms with Gasteiger partial charge in [0.1, 0.15) is 12.4 Å². The average molecular weight is 192 g/mol. The van der Waals surface area contributed by atoms with Gasteiger partial charge >= 0.3 is 0 Å². The molecule has 0 amide bonds. The summed E-state index contributed by atoms with van der Waals surface area (Å²) in [6.07, 6.45) is 1.73. The second-order valence-corrected chi connectivity index (χ2v) is 5.38. The summed E-state index contributed by atoms with van der Waals surface area (Å²) < 4.78 is 0.434. The fourth-order valence-electron chi connectivity index (χ4n) is 0.925. The summed E-state index contributed by atoms with van der Waals surface area (Å²) in [5, 5.41) is 9.02. The minimum atomic E-state index is -0.752. The maximum atomic E-state index is 10.1. The minimum absolute atomic E-state index is 0.434. The van der Waals surface area contributed by atoms with E-state index in [4.69, 9.17) is 5.11 Å². The predicted molar refractivity (Wildman–Crippen MR) is 50.0 cm³/mol. The molecule has 1 N–H and O–H groups in total. The van der Waals surface area contributed by atoms with Crippen molar-refractivity contribution in [2.45, 2.75) is 23.5 Å². The number of carbonyl (C=O) groups excluding carboxylic acids is 1. The molecular weight excluding hydrogens is 180 g/mol. The van der Waals surface area contributed by atoms with Gasteiger partial charge in [-0.3, -0.25) is 0 Å². The highest BCUT2D eigenvalue weighted by atomic mass is 32.2. The second-order valence-electron chi connectivity index (χ2n) is 2.46. The molecule has 64 valence electrons. The van der Waals surface area contributed by atoms with E-state index in [9.17, 15) is 4.79 Å². The fraction of sp³-hybridized carbons (Fsp3) is 0.857. The molecule has 1 aliphatic rings. The summed E-state index contributed by atoms with van der Waals surface area (Å²) in [7, 11) is 0. The van der Waals surface area contributed by atoms with Gasteiger partial charge in [0, 0.05) is 6.42 Å². The van der Waals surface area contributed by atoms with E-state index < -0.39 is 6.10 Å². The van der Waals surface area contributed by atoms with Crippen molar-refractivity contribution in [2.75, 3.05) is 11.5 Å². The molecule has 0 radical (unpaired) electrons. The van der Waals surface area contributed by atoms with Crippen molar-refractivity contribution in [1.29, 1.82) is 0 Å². The Bertz CT molecular complexity index is 124. The topological polar surface area (TPSA) is 37.3 Å². The Morgan fingerprint density at radius 1 is 1.55 bits per heavy atom. The van der Waals surface area contributed by atoms with Crippen LogP contribution in [0.1, 0.15) is 12.8 Å². The highest BCUT2D eigenvalue weighted by Gasteiger charge is 2.17. The molecule has 4 heteroatoms. The average Bonchev–Trinajstić information content (AvgIpc) is 2.06. The largest absolute Gasteiger partial charge is 0.386 e. The van der Waals surface area contributed by atoms with Crippen LogP contribution in [0.2, 0.25) is 0 Å². The molecule has 1 rings (SSSR count). The third kappa shape index (κ3) is 3.49. The third-order valence-corrected chi connectivity index (χ3v) is 4.48. The maximum absolute atomic E-state index is 10.1. The Morgan fingerprint density at radius 3 is 2.73 bits per heavy atom. The maximum Gasteiger partial charge on any atom is 0.148 e. The number of aliphatic hydroxyl groups excluding tert-OH is 1. The molecule has 1 heterocycles. The molecule has 0 aromatic heterocycles. The van der Waals surface area contributed by atoms with E-state index >= 15 is 0 Å². The van der Waals surface area contributed by atoms with Gasteiger partial charge in [0.25, 0.3) is 0 Å². The van der Waals surface area contributed by atoms with Crippen LogP contribution < -0.4 is 0 Å². The first kappa shape index (κ1) is 9.42. The quantitative estimate of drug-likeness (QED) is 0.680. The Morgan fingerprint density at radius 2 is 2.18 bits per heavy atom. The van der Waals surface area contributed by atoms with Gasteiger partial charge in [-0.05, 0) is 17.9 Å². The lowest BCUT2D eigenvalue weighted by Crippen LogP contribution is -2.17. The number of rotatable bonds is 3. The molecule has 1 fully saturated rings. The summed E-state index contributed by atoms with van der Waals surface area (Å²) in [4.78, 5) is 10.1. The first-order valence-corrected chi connectivity index (χ1v) is 5.79. The SMILES string of the molecule is O=CC(O)CC1SCCCS1. The lowest BCUT2D eigenvalue weighted by molar-refractivity contribution is -0.114. The van der Waals surface area contributed by atoms with Gasteiger partial charge in [-0.2, -0.15) is 0 Å². The Balaban J connectivity index is 2.18. The zero-order chi connectivity index (χ0) is 8.10. The van der Waals surface area contributed by atoms with E-state index in [0.29, 0.717) is 17.3 Å². The van der Waals surface area contributed by atoms with E-state index in [1.165, 1.54) is 17.9 Å². The van der Waals surface area contributed by atoms with Crippen molar-refractivity contribution >= 4 is 29.8 Å². The highest BCUT2D eigenvalue weighted by molar-refractivity contribution is 8.17. The van der Waals surface area contributed by atoms with E-state index in [1.54, 1.807) is 0 Å². The predicted octanol–water partition coefficient (Wildman–Crippen LogP) is 1.13. The first-order valence-electron chi connectivity index (χ1n) is 3.69. The molecule has 1 atom stereocenters. The van der Waals surface area contributed by atoms with Crippen LogP contribution >= 0.6 is 23.5 Å². The van der Waals surface area contributed by atoms with E-state index in [-0.39, 0.29) is 0 Å². The molecule has 0 aromatic rings. The van der Waals surface area contributed by atoms with Crippen LogP contribution in [0.25, 0.3) is 0 Å². The normalized spacial score (nSPS) is 23.0. The molecule has 2 nitrogen and oxygen atoms in total. The smallest absolute Gasteiger partial charge is 0.148 e. The number of aldehydes is 1. The van der Waals surface area contributed by atoms with Gasteiger partial charge in [-0.25, -0.2) is 0 Å². The monoisotopic (exact) mass is 192 g/mol. The van der Waals surface area contributed by atoms with Crippen molar-refractivity contribution in [3.63, 3.8) is 0 Å². The van der Waals surface area contributed by atoms with Crippen LogP contribution in [0.5, 0.6) is 0 Å². The molecule has 0 spiro atoms. The van der Waals surface area contributed by atoms with Crippen LogP contribution in [-0.2, 0) is 4.79 Å². The number of aliphatic hydroxyl groups is 1. The van der Waals surface area contributed by atoms with Crippen LogP contribution in [0.3, 0.4) is 0 Å². The van der Waals surface area contributed by atoms with Gasteiger partial charge in [0.05, 0.1) is 4.58 Å². The second kappa shape index (κ2) is 5.06. The molecule has 11 heavy (non-hydrogen) atoms. The molecule has 0 aromatic carbocycles. The van der Waals surface area contributed by atoms with Crippen molar-refractivity contribution < 1.29 is 9.90 Å². The highest BCUT2D eigenvalue weighted by Crippen LogP contribution is 2.33. The van der Waals surface area contributed by atoms with Crippen molar-refractivity contribution in [3.05, 3.63) is 0 Å². The summed E-state index contributed by atoms with van der Waals surface area (Å²) in [6, 6.07) is 0. The molecule has 0 aliphatic carbocycles. The van der Waals surface area contributed by atoms with Crippen LogP contribution in [0, 0.1) is 0 Å². The first-order chi connectivity index (χ1) is 5.33. The zero-order valence-electron chi connectivity index (χ0n) is 6.23. The lowest BCUT2D eigenvalue weighted by atomic mass is 10.3. The van der Waals surface area contributed by atoms with Crippen molar-refractivity contribution in [2.24, 2.45) is 0 Å². The Labute approximate surface area is 75.1 Å². The molecule has 1 saturated heterocycles. The minimum Gasteiger partial charge on any atom is -0.386 e. The van der Waals surface area contributed by atoms with Crippen molar-refractivity contribution in [3.8, 4) is 0 Å². The Hall–Kier alpha value is 0.330. The van der Waals surface area contributed by atoms with Gasteiger partial charge in [0.15, 0.2) is 0 Å². The molecule has 0 saturated carbocycles. The molecular formula is C7H12O2S2. The standard InChI is InChI=1S/C7H12O2S2/c8-5-6(9)4-7-10-2-1-3-11-7/h5-7,9H,1-4H2. The van der Waals surface area contributed by atoms with E-state index in [0.717, 1.165) is 0 Å². The van der Waals surface area contributed by atoms with E-state index in [1.807, 2.05) is 23.5 Å². The molecule has 1 unspecified atom stereocenters. The summed E-state index contributed by atoms with van der Waals surface area (Å²) in [5.74, 6) is 2.34. The lowest BCUT2D eigenvalue weighted by Gasteiger charge is -2.21. The van der Waals surface area contributed by atoms with E-state index in [2.05, 4.69) is 0 Å². The summed E-state index contributed by atoms with van der Waals surface area (Å²) in [6.45, 7) is 0. The molecule has 0 bridgehead atoms. The number of thioether (sulfide) groups is 2. The summed E-state index contributed by atoms with van der Waals surface area (Å²) >= 11 is 3.70. The van der Waals surface area contributed by atoms with Crippen LogP contribution in [0.4, 0.5) is 0 Å². The van der Waals surface area contributed by atoms with Gasteiger partial charge < -0.3 is 9.90 Å². The zero-order valence-corrected chi connectivity index (χ0v) is 7.87. The van der Waals surface area contributed by atoms with Crippen LogP contribution in [0.15, 0.2) is 0 Å². The van der Waals surface area contributed by atoms with Crippen LogP contribution in [-0.4, -0.2) is 33.6 Å². The third-order valence-electron chi connectivity index (χ3n) is 1.49.